The number of phenols is 1. The highest BCUT2D eigenvalue weighted by molar-refractivity contribution is 6.04. The van der Waals surface area contributed by atoms with Crippen molar-refractivity contribution in [2.24, 2.45) is 5.16 Å². The second-order valence-corrected chi connectivity index (χ2v) is 6.68. The molecule has 0 atom stereocenters. The average Bonchev–Trinajstić information content (AvgIpc) is 2.70. The molecule has 0 radical (unpaired) electrons. The molecule has 3 aromatic rings. The molecule has 3 rings (SSSR count). The molecule has 0 saturated carbocycles. The minimum absolute atomic E-state index is 0.0247. The summed E-state index contributed by atoms with van der Waals surface area (Å²) in [7, 11) is 0. The van der Waals surface area contributed by atoms with Gasteiger partial charge in [-0.2, -0.15) is 0 Å². The zero-order valence-electron chi connectivity index (χ0n) is 16.1. The lowest BCUT2D eigenvalue weighted by molar-refractivity contribution is -0.384. The second-order valence-electron chi connectivity index (χ2n) is 6.68. The van der Waals surface area contributed by atoms with Crippen LogP contribution in [0.25, 0.3) is 11.1 Å². The lowest BCUT2D eigenvalue weighted by Gasteiger charge is -2.13. The van der Waals surface area contributed by atoms with Crippen LogP contribution in [0.15, 0.2) is 65.8 Å². The predicted octanol–water partition coefficient (Wildman–Crippen LogP) is 4.80. The largest absolute Gasteiger partial charge is 0.508 e. The Morgan fingerprint density at radius 1 is 1.14 bits per heavy atom. The number of nitrogens with two attached hydrogens (primary N) is 1. The number of nitrogens with zero attached hydrogens (tertiary/aromatic N) is 2. The summed E-state index contributed by atoms with van der Waals surface area (Å²) in [5.74, 6) is 0.170. The molecule has 29 heavy (non-hydrogen) atoms. The maximum Gasteiger partial charge on any atom is 0.269 e. The van der Waals surface area contributed by atoms with Crippen molar-refractivity contribution in [1.82, 2.24) is 0 Å². The molecule has 0 aliphatic rings. The lowest BCUT2D eigenvalue weighted by atomic mass is 9.94. The first-order valence-electron chi connectivity index (χ1n) is 8.95. The highest BCUT2D eigenvalue weighted by Crippen LogP contribution is 2.31. The Bertz CT molecular complexity index is 1060. The number of aryl methyl sites for hydroxylation is 1. The van der Waals surface area contributed by atoms with Crippen LogP contribution < -0.4 is 5.73 Å². The van der Waals surface area contributed by atoms with Gasteiger partial charge in [0.15, 0.2) is 0 Å². The maximum absolute atomic E-state index is 10.7. The maximum atomic E-state index is 10.7. The first-order valence-corrected chi connectivity index (χ1v) is 8.95. The fourth-order valence-electron chi connectivity index (χ4n) is 2.86. The molecule has 0 heterocycles. The Kier molecular flexibility index (Phi) is 5.78. The summed E-state index contributed by atoms with van der Waals surface area (Å²) in [5.41, 5.74) is 11.2. The summed E-state index contributed by atoms with van der Waals surface area (Å²) in [6.07, 6.45) is 0. The van der Waals surface area contributed by atoms with E-state index in [1.54, 1.807) is 25.1 Å². The van der Waals surface area contributed by atoms with Gasteiger partial charge in [0.2, 0.25) is 0 Å². The smallest absolute Gasteiger partial charge is 0.269 e. The first-order chi connectivity index (χ1) is 13.8. The Morgan fingerprint density at radius 3 is 2.41 bits per heavy atom. The van der Waals surface area contributed by atoms with Crippen molar-refractivity contribution in [2.75, 3.05) is 5.73 Å². The van der Waals surface area contributed by atoms with Crippen LogP contribution in [0.3, 0.4) is 0 Å². The highest BCUT2D eigenvalue weighted by Gasteiger charge is 2.12. The molecule has 0 spiro atoms. The average molecular weight is 391 g/mol. The highest BCUT2D eigenvalue weighted by atomic mass is 16.6. The molecular formula is C22H21N3O4. The molecule has 3 aromatic carbocycles. The molecule has 7 nitrogen and oxygen atoms in total. The van der Waals surface area contributed by atoms with Crippen LogP contribution in [0.4, 0.5) is 11.4 Å². The summed E-state index contributed by atoms with van der Waals surface area (Å²) in [6, 6.07) is 17.1. The first kappa shape index (κ1) is 19.9. The van der Waals surface area contributed by atoms with Gasteiger partial charge >= 0.3 is 0 Å². The summed E-state index contributed by atoms with van der Waals surface area (Å²) < 4.78 is 0. The predicted molar refractivity (Wildman–Crippen MR) is 113 cm³/mol. The lowest BCUT2D eigenvalue weighted by Crippen LogP contribution is -2.01. The molecule has 0 aliphatic heterocycles. The van der Waals surface area contributed by atoms with E-state index < -0.39 is 4.92 Å². The standard InChI is InChI=1S/C22H21N3O4/c1-14-11-21(17-5-7-18(23)8-6-17)20(12-22(14)26)15(2)24-29-13-16-3-9-19(10-4-16)25(27)28/h3-12,26H,13,23H2,1-2H3/b24-15+. The van der Waals surface area contributed by atoms with Crippen molar-refractivity contribution in [3.63, 3.8) is 0 Å². The topological polar surface area (TPSA) is 111 Å². The third-order valence-corrected chi connectivity index (χ3v) is 4.53. The van der Waals surface area contributed by atoms with Crippen molar-refractivity contribution in [3.8, 4) is 16.9 Å². The molecule has 148 valence electrons. The Balaban J connectivity index is 1.83. The number of anilines is 1. The van der Waals surface area contributed by atoms with Crippen LogP contribution in [0.2, 0.25) is 0 Å². The van der Waals surface area contributed by atoms with E-state index in [1.165, 1.54) is 12.1 Å². The van der Waals surface area contributed by atoms with Gasteiger partial charge in [0.1, 0.15) is 12.4 Å². The van der Waals surface area contributed by atoms with Crippen molar-refractivity contribution in [3.05, 3.63) is 87.5 Å². The molecule has 0 unspecified atom stereocenters. The summed E-state index contributed by atoms with van der Waals surface area (Å²) in [4.78, 5) is 15.7. The van der Waals surface area contributed by atoms with Crippen molar-refractivity contribution < 1.29 is 14.9 Å². The molecule has 0 amide bonds. The molecule has 0 bridgehead atoms. The van der Waals surface area contributed by atoms with Crippen LogP contribution >= 0.6 is 0 Å². The van der Waals surface area contributed by atoms with Gasteiger partial charge in [0, 0.05) is 23.4 Å². The third kappa shape index (κ3) is 4.70. The Labute approximate surface area is 168 Å². The second kappa shape index (κ2) is 8.43. The number of aromatic hydroxyl groups is 1. The number of rotatable bonds is 6. The number of oxime groups is 1. The number of phenolic OH excluding ortho intramolecular Hbond substituents is 1. The minimum atomic E-state index is -0.449. The Morgan fingerprint density at radius 2 is 1.79 bits per heavy atom. The molecule has 0 saturated heterocycles. The van der Waals surface area contributed by atoms with E-state index in [0.717, 1.165) is 27.8 Å². The van der Waals surface area contributed by atoms with Gasteiger partial charge in [-0.05, 0) is 72.5 Å². The molecule has 3 N–H and O–H groups in total. The van der Waals surface area contributed by atoms with Gasteiger partial charge in [-0.1, -0.05) is 17.3 Å². The quantitative estimate of drug-likeness (QED) is 0.271. The molecule has 7 heteroatoms. The fraction of sp³-hybridized carbons (Fsp3) is 0.136. The Hall–Kier alpha value is -3.87. The van der Waals surface area contributed by atoms with E-state index in [9.17, 15) is 15.2 Å². The van der Waals surface area contributed by atoms with Gasteiger partial charge < -0.3 is 15.7 Å². The van der Waals surface area contributed by atoms with Crippen molar-refractivity contribution in [1.29, 1.82) is 0 Å². The van der Waals surface area contributed by atoms with E-state index in [-0.39, 0.29) is 18.0 Å². The number of nitro benzene ring substituents is 1. The fourth-order valence-corrected chi connectivity index (χ4v) is 2.86. The normalized spacial score (nSPS) is 11.3. The summed E-state index contributed by atoms with van der Waals surface area (Å²) >= 11 is 0. The van der Waals surface area contributed by atoms with Gasteiger partial charge in [-0.15, -0.1) is 0 Å². The number of benzene rings is 3. The minimum Gasteiger partial charge on any atom is -0.508 e. The number of nitro groups is 1. The number of hydrogen-bond donors (Lipinski definition) is 2. The van der Waals surface area contributed by atoms with Crippen molar-refractivity contribution in [2.45, 2.75) is 20.5 Å². The van der Waals surface area contributed by atoms with Crippen LogP contribution in [0.1, 0.15) is 23.6 Å². The van der Waals surface area contributed by atoms with E-state index in [1.807, 2.05) is 37.3 Å². The number of nitrogen functional groups attached to an aromatic ring is 1. The van der Waals surface area contributed by atoms with Crippen LogP contribution in [0, 0.1) is 17.0 Å². The van der Waals surface area contributed by atoms with E-state index in [0.29, 0.717) is 11.4 Å². The molecular weight excluding hydrogens is 370 g/mol. The van der Waals surface area contributed by atoms with Crippen LogP contribution in [-0.2, 0) is 11.4 Å². The summed E-state index contributed by atoms with van der Waals surface area (Å²) in [5, 5.41) is 25.1. The van der Waals surface area contributed by atoms with E-state index in [4.69, 9.17) is 10.6 Å². The van der Waals surface area contributed by atoms with Crippen LogP contribution in [-0.4, -0.2) is 15.7 Å². The molecule has 0 aliphatic carbocycles. The van der Waals surface area contributed by atoms with Gasteiger partial charge in [0.05, 0.1) is 10.6 Å². The van der Waals surface area contributed by atoms with Gasteiger partial charge in [-0.3, -0.25) is 10.1 Å². The van der Waals surface area contributed by atoms with Gasteiger partial charge in [0.25, 0.3) is 5.69 Å². The summed E-state index contributed by atoms with van der Waals surface area (Å²) in [6.45, 7) is 3.79. The molecule has 0 fully saturated rings. The van der Waals surface area contributed by atoms with E-state index >= 15 is 0 Å². The van der Waals surface area contributed by atoms with Crippen molar-refractivity contribution >= 4 is 17.1 Å². The monoisotopic (exact) mass is 391 g/mol. The van der Waals surface area contributed by atoms with E-state index in [2.05, 4.69) is 5.16 Å². The third-order valence-electron chi connectivity index (χ3n) is 4.53. The molecule has 0 aromatic heterocycles. The number of non-ortho nitro benzene ring substituents is 1. The zero-order valence-corrected chi connectivity index (χ0v) is 16.1. The van der Waals surface area contributed by atoms with Gasteiger partial charge in [-0.25, -0.2) is 0 Å². The zero-order chi connectivity index (χ0) is 21.0. The number of hydrogen-bond acceptors (Lipinski definition) is 6. The SMILES string of the molecule is C/C(=N\OCc1ccc([N+](=O)[O-])cc1)c1cc(O)c(C)cc1-c1ccc(N)cc1. The van der Waals surface area contributed by atoms with Crippen LogP contribution in [0.5, 0.6) is 5.75 Å².